The van der Waals surface area contributed by atoms with Crippen LogP contribution in [0.15, 0.2) is 0 Å². The van der Waals surface area contributed by atoms with Crippen molar-refractivity contribution in [3.05, 3.63) is 0 Å². The van der Waals surface area contributed by atoms with Gasteiger partial charge in [-0.2, -0.15) is 0 Å². The molecule has 0 N–H and O–H groups in total. The Balaban J connectivity index is 2.19. The van der Waals surface area contributed by atoms with Crippen LogP contribution in [0.3, 0.4) is 0 Å². The van der Waals surface area contributed by atoms with Crippen molar-refractivity contribution in [1.82, 2.24) is 0 Å². The smallest absolute Gasteiger partial charge is 0.00316 e. The minimum atomic E-state index is 0.717. The Kier molecular flexibility index (Phi) is 1.68. The highest BCUT2D eigenvalue weighted by molar-refractivity contribution is 6.08. The van der Waals surface area contributed by atoms with Gasteiger partial charge in [0.05, 0.1) is 0 Å². The van der Waals surface area contributed by atoms with Crippen LogP contribution in [0, 0.1) is 23.2 Å². The second kappa shape index (κ2) is 2.35. The van der Waals surface area contributed by atoms with Crippen LogP contribution in [-0.4, -0.2) is 10.2 Å². The van der Waals surface area contributed by atoms with Crippen molar-refractivity contribution in [3.8, 4) is 0 Å². The van der Waals surface area contributed by atoms with Crippen molar-refractivity contribution in [1.29, 1.82) is 0 Å². The number of fused-ring (bicyclic) bond motifs is 2. The molecule has 2 saturated carbocycles. The Labute approximate surface area is 73.2 Å². The maximum atomic E-state index is 2.51. The maximum absolute atomic E-state index is 2.51. The first-order valence-electron chi connectivity index (χ1n) is 5.16. The second-order valence-electron chi connectivity index (χ2n) is 5.11. The minimum absolute atomic E-state index is 0.717. The van der Waals surface area contributed by atoms with E-state index in [0.29, 0.717) is 0 Å². The molecule has 0 heterocycles. The molecule has 64 valence electrons. The largest absolute Gasteiger partial charge is 0.0628 e. The second-order valence-corrected chi connectivity index (χ2v) is 5.92. The molecule has 3 atom stereocenters. The first kappa shape index (κ1) is 7.84. The summed E-state index contributed by atoms with van der Waals surface area (Å²) in [5.41, 5.74) is 0.717. The summed E-state index contributed by atoms with van der Waals surface area (Å²) in [5.74, 6) is 3.33. The van der Waals surface area contributed by atoms with Crippen LogP contribution in [0.5, 0.6) is 0 Å². The predicted octanol–water partition coefficient (Wildman–Crippen LogP) is 1.84. The van der Waals surface area contributed by atoms with E-state index in [4.69, 9.17) is 0 Å². The lowest BCUT2D eigenvalue weighted by Gasteiger charge is -2.26. The highest BCUT2D eigenvalue weighted by Gasteiger charge is 2.52. The molecule has 0 aromatic rings. The first-order valence-corrected chi connectivity index (χ1v) is 6.57. The van der Waals surface area contributed by atoms with Crippen LogP contribution >= 0.6 is 0 Å². The standard InChI is InChI=1S/C10H20Si/c1-10(2)8-3-4-9(10)7(5-8)6-11/h7-9H,3-6H2,1-2,11H3. The molecule has 2 rings (SSSR count). The molecule has 1 heteroatoms. The summed E-state index contributed by atoms with van der Waals surface area (Å²) >= 11 is 0. The molecule has 0 amide bonds. The SMILES string of the molecule is CC1(C)C2CCC1C(C[SiH3])C2. The van der Waals surface area contributed by atoms with Crippen molar-refractivity contribution in [2.75, 3.05) is 0 Å². The fourth-order valence-corrected chi connectivity index (χ4v) is 4.58. The zero-order valence-corrected chi connectivity index (χ0v) is 10.1. The molecule has 11 heavy (non-hydrogen) atoms. The average molecular weight is 168 g/mol. The molecule has 0 saturated heterocycles. The van der Waals surface area contributed by atoms with Crippen LogP contribution in [0.2, 0.25) is 6.04 Å². The van der Waals surface area contributed by atoms with Crippen LogP contribution in [0.4, 0.5) is 0 Å². The molecule has 2 aliphatic carbocycles. The fourth-order valence-electron chi connectivity index (χ4n) is 3.67. The van der Waals surface area contributed by atoms with Crippen molar-refractivity contribution < 1.29 is 0 Å². The Morgan fingerprint density at radius 1 is 1.36 bits per heavy atom. The Morgan fingerprint density at radius 3 is 2.36 bits per heavy atom. The van der Waals surface area contributed by atoms with Gasteiger partial charge in [-0.1, -0.05) is 19.9 Å². The summed E-state index contributed by atoms with van der Waals surface area (Å²) < 4.78 is 0. The van der Waals surface area contributed by atoms with Crippen molar-refractivity contribution in [2.24, 2.45) is 23.2 Å². The minimum Gasteiger partial charge on any atom is -0.0628 e. The van der Waals surface area contributed by atoms with Crippen LogP contribution < -0.4 is 0 Å². The summed E-state index contributed by atoms with van der Waals surface area (Å²) in [6.07, 6.45) is 4.65. The molecule has 0 aromatic carbocycles. The third-order valence-electron chi connectivity index (χ3n) is 4.51. The van der Waals surface area contributed by atoms with E-state index >= 15 is 0 Å². The Morgan fingerprint density at radius 2 is 2.09 bits per heavy atom. The third kappa shape index (κ3) is 0.931. The molecule has 0 aromatic heterocycles. The lowest BCUT2D eigenvalue weighted by molar-refractivity contribution is 0.241. The highest BCUT2D eigenvalue weighted by atomic mass is 28.1. The summed E-state index contributed by atoms with van der Waals surface area (Å²) in [5, 5.41) is 0. The van der Waals surface area contributed by atoms with E-state index in [9.17, 15) is 0 Å². The van der Waals surface area contributed by atoms with E-state index in [2.05, 4.69) is 13.8 Å². The molecule has 2 aliphatic rings. The van der Waals surface area contributed by atoms with Crippen molar-refractivity contribution in [2.45, 2.75) is 39.2 Å². The Bertz CT molecular complexity index is 162. The highest BCUT2D eigenvalue weighted by Crippen LogP contribution is 2.60. The fraction of sp³-hybridized carbons (Fsp3) is 1.00. The van der Waals surface area contributed by atoms with Gasteiger partial charge in [-0.05, 0) is 42.4 Å². The van der Waals surface area contributed by atoms with E-state index in [1.54, 1.807) is 18.9 Å². The Hall–Kier alpha value is 0.217. The molecule has 0 spiro atoms. The quantitative estimate of drug-likeness (QED) is 0.524. The number of hydrogen-bond donors (Lipinski definition) is 0. The number of rotatable bonds is 1. The van der Waals surface area contributed by atoms with Gasteiger partial charge in [0.1, 0.15) is 0 Å². The van der Waals surface area contributed by atoms with Gasteiger partial charge in [-0.25, -0.2) is 0 Å². The lowest BCUT2D eigenvalue weighted by Crippen LogP contribution is -2.19. The van der Waals surface area contributed by atoms with E-state index in [1.807, 2.05) is 0 Å². The van der Waals surface area contributed by atoms with Gasteiger partial charge in [0, 0.05) is 10.2 Å². The number of hydrogen-bond acceptors (Lipinski definition) is 0. The van der Waals surface area contributed by atoms with Crippen molar-refractivity contribution >= 4 is 10.2 Å². The molecule has 0 aliphatic heterocycles. The monoisotopic (exact) mass is 168 g/mol. The summed E-state index contributed by atoms with van der Waals surface area (Å²) in [7, 11) is 1.42. The van der Waals surface area contributed by atoms with Crippen LogP contribution in [0.25, 0.3) is 0 Å². The summed E-state index contributed by atoms with van der Waals surface area (Å²) in [4.78, 5) is 0. The lowest BCUT2D eigenvalue weighted by atomic mass is 9.80. The topological polar surface area (TPSA) is 0 Å². The zero-order valence-electron chi connectivity index (χ0n) is 8.06. The van der Waals surface area contributed by atoms with Gasteiger partial charge >= 0.3 is 0 Å². The third-order valence-corrected chi connectivity index (χ3v) is 5.56. The maximum Gasteiger partial charge on any atom is 0.00316 e. The van der Waals surface area contributed by atoms with Crippen molar-refractivity contribution in [3.63, 3.8) is 0 Å². The molecule has 0 nitrogen and oxygen atoms in total. The van der Waals surface area contributed by atoms with E-state index in [-0.39, 0.29) is 0 Å². The van der Waals surface area contributed by atoms with Gasteiger partial charge in [-0.15, -0.1) is 0 Å². The first-order chi connectivity index (χ1) is 5.16. The van der Waals surface area contributed by atoms with Crippen LogP contribution in [0.1, 0.15) is 33.1 Å². The molecule has 0 radical (unpaired) electrons. The average Bonchev–Trinajstić information content (AvgIpc) is 2.40. The van der Waals surface area contributed by atoms with Gasteiger partial charge in [0.2, 0.25) is 0 Å². The van der Waals surface area contributed by atoms with Gasteiger partial charge in [0.15, 0.2) is 0 Å². The van der Waals surface area contributed by atoms with Gasteiger partial charge in [-0.3, -0.25) is 0 Å². The van der Waals surface area contributed by atoms with E-state index in [0.717, 1.165) is 23.2 Å². The van der Waals surface area contributed by atoms with Gasteiger partial charge < -0.3 is 0 Å². The van der Waals surface area contributed by atoms with Gasteiger partial charge in [0.25, 0.3) is 0 Å². The van der Waals surface area contributed by atoms with Crippen LogP contribution in [-0.2, 0) is 0 Å². The molecule has 2 bridgehead atoms. The molecular formula is C10H20Si. The molecule has 2 fully saturated rings. The predicted molar refractivity (Wildman–Crippen MR) is 52.8 cm³/mol. The van der Waals surface area contributed by atoms with E-state index in [1.165, 1.54) is 16.7 Å². The normalized spacial score (nSPS) is 46.9. The molecular weight excluding hydrogens is 148 g/mol. The molecule has 3 unspecified atom stereocenters. The zero-order chi connectivity index (χ0) is 8.06. The van der Waals surface area contributed by atoms with E-state index < -0.39 is 0 Å². The summed E-state index contributed by atoms with van der Waals surface area (Å²) in [6.45, 7) is 5.01. The summed E-state index contributed by atoms with van der Waals surface area (Å²) in [6, 6.07) is 1.56.